The molecule has 0 spiro atoms. The number of ether oxygens (including phenoxy) is 1. The first kappa shape index (κ1) is 20.2. The lowest BCUT2D eigenvalue weighted by molar-refractivity contribution is -0.135. The van der Waals surface area contributed by atoms with Gasteiger partial charge in [0.1, 0.15) is 11.6 Å². The molecule has 2 amide bonds. The fourth-order valence-electron chi connectivity index (χ4n) is 4.19. The maximum atomic E-state index is 13.2. The molecule has 1 unspecified atom stereocenters. The predicted molar refractivity (Wildman–Crippen MR) is 113 cm³/mol. The number of rotatable bonds is 4. The summed E-state index contributed by atoms with van der Waals surface area (Å²) in [7, 11) is 1.60. The zero-order chi connectivity index (χ0) is 21.1. The van der Waals surface area contributed by atoms with Crippen LogP contribution in [-0.2, 0) is 9.59 Å². The predicted octanol–water partition coefficient (Wildman–Crippen LogP) is 2.93. The Labute approximate surface area is 175 Å². The number of hydrogen-bond donors (Lipinski definition) is 0. The first-order valence-corrected chi connectivity index (χ1v) is 10.3. The Kier molecular flexibility index (Phi) is 5.88. The monoisotopic (exact) mass is 411 g/mol. The summed E-state index contributed by atoms with van der Waals surface area (Å²) in [5.74, 6) is 0.171. The van der Waals surface area contributed by atoms with Crippen LogP contribution in [0.5, 0.6) is 5.75 Å². The normalized spacial score (nSPS) is 19.7. The van der Waals surface area contributed by atoms with Gasteiger partial charge in [0, 0.05) is 50.5 Å². The maximum absolute atomic E-state index is 13.2. The number of halogens is 1. The summed E-state index contributed by atoms with van der Waals surface area (Å²) >= 11 is 0. The minimum atomic E-state index is -0.322. The molecule has 2 aromatic carbocycles. The Morgan fingerprint density at radius 2 is 1.67 bits per heavy atom. The molecule has 6 nitrogen and oxygen atoms in total. The second-order valence-corrected chi connectivity index (χ2v) is 7.75. The molecule has 0 N–H and O–H groups in total. The first-order chi connectivity index (χ1) is 14.5. The van der Waals surface area contributed by atoms with Gasteiger partial charge >= 0.3 is 0 Å². The van der Waals surface area contributed by atoms with Crippen molar-refractivity contribution in [1.82, 2.24) is 4.90 Å². The smallest absolute Gasteiger partial charge is 0.228 e. The third-order valence-corrected chi connectivity index (χ3v) is 5.86. The van der Waals surface area contributed by atoms with E-state index in [0.717, 1.165) is 30.1 Å². The van der Waals surface area contributed by atoms with Crippen molar-refractivity contribution in [3.8, 4) is 5.75 Å². The summed E-state index contributed by atoms with van der Waals surface area (Å²) in [5.41, 5.74) is 1.75. The van der Waals surface area contributed by atoms with E-state index in [1.54, 1.807) is 24.1 Å². The minimum Gasteiger partial charge on any atom is -0.497 e. The Morgan fingerprint density at radius 3 is 2.37 bits per heavy atom. The molecular formula is C23H26FN3O3. The Balaban J connectivity index is 1.38. The van der Waals surface area contributed by atoms with E-state index in [1.165, 1.54) is 12.1 Å². The number of anilines is 2. The van der Waals surface area contributed by atoms with Gasteiger partial charge in [-0.25, -0.2) is 4.39 Å². The summed E-state index contributed by atoms with van der Waals surface area (Å²) in [5, 5.41) is 0. The van der Waals surface area contributed by atoms with Crippen molar-refractivity contribution in [3.05, 3.63) is 54.3 Å². The zero-order valence-corrected chi connectivity index (χ0v) is 17.1. The van der Waals surface area contributed by atoms with E-state index < -0.39 is 0 Å². The average Bonchev–Trinajstić information content (AvgIpc) is 2.99. The van der Waals surface area contributed by atoms with Gasteiger partial charge in [-0.3, -0.25) is 9.59 Å². The largest absolute Gasteiger partial charge is 0.497 e. The highest BCUT2D eigenvalue weighted by Gasteiger charge is 2.37. The van der Waals surface area contributed by atoms with Crippen LogP contribution in [0.1, 0.15) is 12.8 Å². The van der Waals surface area contributed by atoms with Gasteiger partial charge in [-0.05, 0) is 55.0 Å². The quantitative estimate of drug-likeness (QED) is 0.776. The summed E-state index contributed by atoms with van der Waals surface area (Å²) in [6, 6.07) is 13.8. The standard InChI is InChI=1S/C23H26FN3O3/c1-30-21-9-7-20(8-10-21)27-16-17(15-22(27)28)23(29)26-12-2-11-25(13-14-26)19-5-3-18(24)4-6-19/h3-10,17H,2,11-16H2,1H3. The Morgan fingerprint density at radius 1 is 0.967 bits per heavy atom. The first-order valence-electron chi connectivity index (χ1n) is 10.3. The number of carbonyl (C=O) groups is 2. The van der Waals surface area contributed by atoms with Crippen molar-refractivity contribution in [2.45, 2.75) is 12.8 Å². The van der Waals surface area contributed by atoms with Crippen LogP contribution in [0.4, 0.5) is 15.8 Å². The van der Waals surface area contributed by atoms with Crippen molar-refractivity contribution >= 4 is 23.2 Å². The van der Waals surface area contributed by atoms with Crippen LogP contribution in [0.2, 0.25) is 0 Å². The molecule has 0 aromatic heterocycles. The summed E-state index contributed by atoms with van der Waals surface area (Å²) < 4.78 is 18.4. The van der Waals surface area contributed by atoms with E-state index in [9.17, 15) is 14.0 Å². The molecule has 2 heterocycles. The third-order valence-electron chi connectivity index (χ3n) is 5.86. The van der Waals surface area contributed by atoms with Gasteiger partial charge in [-0.1, -0.05) is 0 Å². The fourth-order valence-corrected chi connectivity index (χ4v) is 4.19. The SMILES string of the molecule is COc1ccc(N2CC(C(=O)N3CCCN(c4ccc(F)cc4)CC3)CC2=O)cc1. The molecule has 2 aliphatic heterocycles. The highest BCUT2D eigenvalue weighted by atomic mass is 19.1. The molecule has 1 atom stereocenters. The summed E-state index contributed by atoms with van der Waals surface area (Å²) in [6.45, 7) is 3.19. The van der Waals surface area contributed by atoms with E-state index in [0.29, 0.717) is 26.2 Å². The van der Waals surface area contributed by atoms with Crippen LogP contribution in [-0.4, -0.2) is 56.5 Å². The molecule has 0 aliphatic carbocycles. The Bertz CT molecular complexity index is 901. The number of methoxy groups -OCH3 is 1. The van der Waals surface area contributed by atoms with Gasteiger partial charge in [0.15, 0.2) is 0 Å². The van der Waals surface area contributed by atoms with Crippen molar-refractivity contribution in [2.24, 2.45) is 5.92 Å². The van der Waals surface area contributed by atoms with Gasteiger partial charge in [0.2, 0.25) is 11.8 Å². The second-order valence-electron chi connectivity index (χ2n) is 7.75. The summed E-state index contributed by atoms with van der Waals surface area (Å²) in [4.78, 5) is 31.4. The highest BCUT2D eigenvalue weighted by Crippen LogP contribution is 2.28. The van der Waals surface area contributed by atoms with Crippen LogP contribution in [0, 0.1) is 11.7 Å². The maximum Gasteiger partial charge on any atom is 0.228 e. The number of benzene rings is 2. The second kappa shape index (κ2) is 8.73. The van der Waals surface area contributed by atoms with E-state index in [1.807, 2.05) is 29.2 Å². The molecule has 2 fully saturated rings. The molecule has 30 heavy (non-hydrogen) atoms. The van der Waals surface area contributed by atoms with Crippen LogP contribution in [0.25, 0.3) is 0 Å². The Hall–Kier alpha value is -3.09. The average molecular weight is 411 g/mol. The number of amides is 2. The van der Waals surface area contributed by atoms with Crippen LogP contribution in [0.15, 0.2) is 48.5 Å². The molecule has 2 aliphatic rings. The van der Waals surface area contributed by atoms with E-state index in [-0.39, 0.29) is 30.0 Å². The molecular weight excluding hydrogens is 385 g/mol. The lowest BCUT2D eigenvalue weighted by Gasteiger charge is -2.25. The van der Waals surface area contributed by atoms with Gasteiger partial charge in [0.05, 0.1) is 13.0 Å². The van der Waals surface area contributed by atoms with E-state index in [2.05, 4.69) is 4.90 Å². The van der Waals surface area contributed by atoms with Crippen LogP contribution in [0.3, 0.4) is 0 Å². The molecule has 4 rings (SSSR count). The van der Waals surface area contributed by atoms with E-state index >= 15 is 0 Å². The van der Waals surface area contributed by atoms with Crippen molar-refractivity contribution < 1.29 is 18.7 Å². The molecule has 0 bridgehead atoms. The molecule has 7 heteroatoms. The van der Waals surface area contributed by atoms with Gasteiger partial charge in [-0.2, -0.15) is 0 Å². The number of nitrogens with zero attached hydrogens (tertiary/aromatic N) is 3. The number of carbonyl (C=O) groups excluding carboxylic acids is 2. The highest BCUT2D eigenvalue weighted by molar-refractivity contribution is 6.00. The molecule has 2 saturated heterocycles. The van der Waals surface area contributed by atoms with Crippen molar-refractivity contribution in [3.63, 3.8) is 0 Å². The molecule has 158 valence electrons. The molecule has 2 aromatic rings. The molecule has 0 saturated carbocycles. The van der Waals surface area contributed by atoms with E-state index in [4.69, 9.17) is 4.74 Å². The lowest BCUT2D eigenvalue weighted by Crippen LogP contribution is -2.40. The minimum absolute atomic E-state index is 0.0266. The fraction of sp³-hybridized carbons (Fsp3) is 0.391. The molecule has 0 radical (unpaired) electrons. The topological polar surface area (TPSA) is 53.1 Å². The summed E-state index contributed by atoms with van der Waals surface area (Å²) in [6.07, 6.45) is 1.08. The lowest BCUT2D eigenvalue weighted by atomic mass is 10.1. The van der Waals surface area contributed by atoms with Crippen molar-refractivity contribution in [1.29, 1.82) is 0 Å². The van der Waals surface area contributed by atoms with Gasteiger partial charge < -0.3 is 19.4 Å². The van der Waals surface area contributed by atoms with Gasteiger partial charge in [-0.15, -0.1) is 0 Å². The van der Waals surface area contributed by atoms with Crippen LogP contribution < -0.4 is 14.5 Å². The van der Waals surface area contributed by atoms with Crippen LogP contribution >= 0.6 is 0 Å². The zero-order valence-electron chi connectivity index (χ0n) is 17.1. The van der Waals surface area contributed by atoms with Crippen molar-refractivity contribution in [2.75, 3.05) is 49.6 Å². The third kappa shape index (κ3) is 4.25. The van der Waals surface area contributed by atoms with Gasteiger partial charge in [0.25, 0.3) is 0 Å². The number of hydrogen-bond acceptors (Lipinski definition) is 4.